The summed E-state index contributed by atoms with van der Waals surface area (Å²) in [5, 5.41) is 18.5. The first-order valence-electron chi connectivity index (χ1n) is 10.7. The van der Waals surface area contributed by atoms with Crippen LogP contribution >= 0.6 is 21.6 Å². The molecule has 0 aliphatic heterocycles. The Morgan fingerprint density at radius 2 is 1.03 bits per heavy atom. The number of quaternary nitrogens is 2. The predicted octanol–water partition coefficient (Wildman–Crippen LogP) is 1.67. The van der Waals surface area contributed by atoms with Crippen molar-refractivity contribution in [2.75, 3.05) is 78.1 Å². The molecule has 0 aromatic rings. The lowest BCUT2D eigenvalue weighted by molar-refractivity contribution is -0.900. The Kier molecular flexibility index (Phi) is 14.9. The molecule has 0 saturated heterocycles. The second kappa shape index (κ2) is 15.8. The van der Waals surface area contributed by atoms with Crippen LogP contribution in [0, 0.1) is 0 Å². The summed E-state index contributed by atoms with van der Waals surface area (Å²) in [5.74, 6) is -1.52. The molecule has 2 N–H and O–H groups in total. The highest BCUT2D eigenvalue weighted by Gasteiger charge is 2.27. The number of carbonyl (C=O) groups excluding carboxylic acids is 2. The van der Waals surface area contributed by atoms with Crippen LogP contribution in [0.2, 0.25) is 0 Å². The van der Waals surface area contributed by atoms with E-state index in [-0.39, 0.29) is 35.3 Å². The van der Waals surface area contributed by atoms with Gasteiger partial charge < -0.3 is 28.7 Å². The number of carboxylic acids is 2. The second-order valence-corrected chi connectivity index (χ2v) is 11.4. The van der Waals surface area contributed by atoms with Gasteiger partial charge in [0.15, 0.2) is 13.1 Å². The SMILES string of the molecule is C=C(C)C(=O)OCC[N+](C)(CCSSCC[N+](C)(CCOC(=O)C(=C)C)CC(=O)O)CC(=O)O. The average Bonchev–Trinajstić information content (AvgIpc) is 2.69. The normalized spacial score (nSPS) is 14.4. The van der Waals surface area contributed by atoms with Gasteiger partial charge in [-0.1, -0.05) is 34.7 Å². The van der Waals surface area contributed by atoms with Crippen LogP contribution in [0.15, 0.2) is 24.3 Å². The standard InChI is InChI=1S/C22H36N2O8S2/c1-17(2)21(29)31-11-7-23(5,15-19(25)26)9-13-33-34-14-10-24(6,16-20(27)28)8-12-32-22(30)18(3)4/h1,3,7-16H2,2,4-6H3/p+2. The molecule has 0 rings (SSSR count). The summed E-state index contributed by atoms with van der Waals surface area (Å²) in [6.45, 7) is 12.0. The van der Waals surface area contributed by atoms with Gasteiger partial charge in [-0.25, -0.2) is 19.2 Å². The molecule has 0 aliphatic rings. The van der Waals surface area contributed by atoms with Gasteiger partial charge in [0.25, 0.3) is 0 Å². The van der Waals surface area contributed by atoms with Gasteiger partial charge in [-0.05, 0) is 13.8 Å². The first-order valence-corrected chi connectivity index (χ1v) is 13.2. The summed E-state index contributed by atoms with van der Waals surface area (Å²) >= 11 is 0. The lowest BCUT2D eigenvalue weighted by Crippen LogP contribution is -2.51. The van der Waals surface area contributed by atoms with E-state index in [1.807, 2.05) is 0 Å². The third-order valence-corrected chi connectivity index (χ3v) is 7.34. The molecule has 2 atom stereocenters. The molecule has 0 radical (unpaired) electrons. The van der Waals surface area contributed by atoms with Crippen molar-refractivity contribution in [3.8, 4) is 0 Å². The Bertz CT molecular complexity index is 699. The summed E-state index contributed by atoms with van der Waals surface area (Å²) in [5.41, 5.74) is 0.586. The summed E-state index contributed by atoms with van der Waals surface area (Å²) in [6, 6.07) is 0. The fourth-order valence-electron chi connectivity index (χ4n) is 2.79. The highest BCUT2D eigenvalue weighted by Crippen LogP contribution is 2.23. The average molecular weight is 523 g/mol. The smallest absolute Gasteiger partial charge is 0.359 e. The maximum atomic E-state index is 11.5. The van der Waals surface area contributed by atoms with E-state index in [1.165, 1.54) is 0 Å². The molecule has 0 amide bonds. The van der Waals surface area contributed by atoms with Gasteiger partial charge in [0.1, 0.15) is 26.3 Å². The Morgan fingerprint density at radius 1 is 0.706 bits per heavy atom. The fourth-order valence-corrected chi connectivity index (χ4v) is 5.21. The number of hydrogen-bond donors (Lipinski definition) is 2. The van der Waals surface area contributed by atoms with Crippen molar-refractivity contribution >= 4 is 45.5 Å². The maximum absolute atomic E-state index is 11.5. The van der Waals surface area contributed by atoms with Crippen LogP contribution in [-0.2, 0) is 28.7 Å². The molecule has 0 fully saturated rings. The molecule has 12 heteroatoms. The van der Waals surface area contributed by atoms with Crippen molar-refractivity contribution in [3.63, 3.8) is 0 Å². The molecule has 0 aromatic heterocycles. The molecule has 34 heavy (non-hydrogen) atoms. The van der Waals surface area contributed by atoms with E-state index in [0.29, 0.717) is 48.8 Å². The maximum Gasteiger partial charge on any atom is 0.359 e. The van der Waals surface area contributed by atoms with Crippen LogP contribution in [0.4, 0.5) is 0 Å². The van der Waals surface area contributed by atoms with Crippen LogP contribution in [0.3, 0.4) is 0 Å². The molecular weight excluding hydrogens is 484 g/mol. The molecule has 2 unspecified atom stereocenters. The first-order chi connectivity index (χ1) is 15.7. The third-order valence-electron chi connectivity index (χ3n) is 4.97. The Balaban J connectivity index is 4.56. The first kappa shape index (κ1) is 32.0. The zero-order valence-electron chi connectivity index (χ0n) is 20.5. The summed E-state index contributed by atoms with van der Waals surface area (Å²) < 4.78 is 10.7. The number of esters is 2. The topological polar surface area (TPSA) is 127 Å². The number of rotatable bonds is 19. The summed E-state index contributed by atoms with van der Waals surface area (Å²) in [7, 11) is 6.77. The quantitative estimate of drug-likeness (QED) is 0.0850. The highest BCUT2D eigenvalue weighted by atomic mass is 33.1. The molecule has 10 nitrogen and oxygen atoms in total. The van der Waals surface area contributed by atoms with Gasteiger partial charge in [0, 0.05) is 11.1 Å². The van der Waals surface area contributed by atoms with Crippen LogP contribution in [0.25, 0.3) is 0 Å². The van der Waals surface area contributed by atoms with Crippen LogP contribution < -0.4 is 0 Å². The van der Waals surface area contributed by atoms with Gasteiger partial charge in [0.2, 0.25) is 0 Å². The van der Waals surface area contributed by atoms with E-state index in [4.69, 9.17) is 9.47 Å². The largest absolute Gasteiger partial charge is 0.477 e. The number of aliphatic carboxylic acids is 2. The monoisotopic (exact) mass is 522 g/mol. The van der Waals surface area contributed by atoms with Crippen molar-refractivity contribution < 1.29 is 47.8 Å². The molecule has 0 spiro atoms. The molecule has 0 saturated carbocycles. The van der Waals surface area contributed by atoms with E-state index in [9.17, 15) is 29.4 Å². The van der Waals surface area contributed by atoms with E-state index in [1.54, 1.807) is 49.5 Å². The molecule has 194 valence electrons. The minimum absolute atomic E-state index is 0.0909. The number of ether oxygens (including phenoxy) is 2. The van der Waals surface area contributed by atoms with Crippen molar-refractivity contribution in [2.24, 2.45) is 0 Å². The van der Waals surface area contributed by atoms with Crippen molar-refractivity contribution in [3.05, 3.63) is 24.3 Å². The summed E-state index contributed by atoms with van der Waals surface area (Å²) in [4.78, 5) is 45.6. The van der Waals surface area contributed by atoms with E-state index in [2.05, 4.69) is 13.2 Å². The Labute approximate surface area is 209 Å². The molecule has 0 heterocycles. The van der Waals surface area contributed by atoms with Gasteiger partial charge >= 0.3 is 23.9 Å². The number of hydrogen-bond acceptors (Lipinski definition) is 8. The van der Waals surface area contributed by atoms with E-state index in [0.717, 1.165) is 0 Å². The lowest BCUT2D eigenvalue weighted by atomic mass is 10.3. The number of carboxylic acid groups (broad SMARTS) is 2. The Morgan fingerprint density at radius 3 is 1.29 bits per heavy atom. The van der Waals surface area contributed by atoms with Crippen molar-refractivity contribution in [1.82, 2.24) is 0 Å². The van der Waals surface area contributed by atoms with Crippen molar-refractivity contribution in [2.45, 2.75) is 13.8 Å². The van der Waals surface area contributed by atoms with Crippen molar-refractivity contribution in [1.29, 1.82) is 0 Å². The minimum Gasteiger partial charge on any atom is -0.477 e. The molecule has 0 bridgehead atoms. The number of nitrogens with zero attached hydrogens (tertiary/aromatic N) is 2. The van der Waals surface area contributed by atoms with Crippen LogP contribution in [-0.4, -0.2) is 121 Å². The zero-order valence-corrected chi connectivity index (χ0v) is 22.2. The van der Waals surface area contributed by atoms with Gasteiger partial charge in [-0.2, -0.15) is 0 Å². The highest BCUT2D eigenvalue weighted by molar-refractivity contribution is 8.76. The van der Waals surface area contributed by atoms with Crippen LogP contribution in [0.5, 0.6) is 0 Å². The third kappa shape index (κ3) is 15.0. The minimum atomic E-state index is -0.930. The lowest BCUT2D eigenvalue weighted by Gasteiger charge is -2.33. The summed E-state index contributed by atoms with van der Waals surface area (Å²) in [6.07, 6.45) is 0. The number of likely N-dealkylation sites (N-methyl/N-ethyl adjacent to an activating group) is 2. The molecule has 0 aromatic carbocycles. The van der Waals surface area contributed by atoms with Crippen LogP contribution in [0.1, 0.15) is 13.8 Å². The van der Waals surface area contributed by atoms with E-state index < -0.39 is 23.9 Å². The molecular formula is C22H38N2O8S2+2. The van der Waals surface area contributed by atoms with Gasteiger partial charge in [0.05, 0.1) is 38.7 Å². The number of carbonyl (C=O) groups is 4. The second-order valence-electron chi connectivity index (χ2n) is 8.71. The van der Waals surface area contributed by atoms with E-state index >= 15 is 0 Å². The predicted molar refractivity (Wildman–Crippen MR) is 133 cm³/mol. The fraction of sp³-hybridized carbons (Fsp3) is 0.636. The van der Waals surface area contributed by atoms with Gasteiger partial charge in [-0.3, -0.25) is 0 Å². The van der Waals surface area contributed by atoms with Gasteiger partial charge in [-0.15, -0.1) is 0 Å². The zero-order chi connectivity index (χ0) is 26.4. The molecule has 0 aliphatic carbocycles. The Hall–Kier alpha value is -2.02.